The second-order valence-corrected chi connectivity index (χ2v) is 5.37. The smallest absolute Gasteiger partial charge is 0.330 e. The number of nitrogen functional groups attached to an aromatic ring is 2. The number of anilines is 2. The van der Waals surface area contributed by atoms with Crippen LogP contribution < -0.4 is 11.5 Å². The molecule has 0 spiro atoms. The van der Waals surface area contributed by atoms with Gasteiger partial charge in [0.15, 0.2) is 5.15 Å². The Bertz CT molecular complexity index is 772. The second-order valence-electron chi connectivity index (χ2n) is 5.02. The first-order chi connectivity index (χ1) is 12.3. The molecule has 0 amide bonds. The molecule has 9 heteroatoms. The Hall–Kier alpha value is -2.74. The summed E-state index contributed by atoms with van der Waals surface area (Å²) in [6.45, 7) is 2.40. The highest BCUT2D eigenvalue weighted by Gasteiger charge is 2.01. The molecule has 0 fully saturated rings. The van der Waals surface area contributed by atoms with Crippen molar-refractivity contribution in [2.75, 3.05) is 18.1 Å². The van der Waals surface area contributed by atoms with Gasteiger partial charge in [0.2, 0.25) is 0 Å². The minimum absolute atomic E-state index is 0.136. The van der Waals surface area contributed by atoms with Gasteiger partial charge in [-0.25, -0.2) is 18.6 Å². The van der Waals surface area contributed by atoms with E-state index in [0.717, 1.165) is 37.4 Å². The molecule has 6 nitrogen and oxygen atoms in total. The predicted octanol–water partition coefficient (Wildman–Crippen LogP) is 3.62. The maximum Gasteiger partial charge on any atom is 0.330 e. The first-order valence-electron chi connectivity index (χ1n) is 7.65. The molecule has 0 radical (unpaired) electrons. The number of hydrogen-bond donors (Lipinski definition) is 2. The molecule has 0 aliphatic rings. The zero-order chi connectivity index (χ0) is 19.5. The summed E-state index contributed by atoms with van der Waals surface area (Å²) < 4.78 is 29.7. The number of unbranched alkanes of at least 4 members (excludes halogenated alkanes) is 1. The molecule has 2 heterocycles. The van der Waals surface area contributed by atoms with Crippen molar-refractivity contribution in [2.24, 2.45) is 0 Å². The van der Waals surface area contributed by atoms with Gasteiger partial charge in [-0.15, -0.1) is 0 Å². The van der Waals surface area contributed by atoms with Crippen molar-refractivity contribution in [1.29, 1.82) is 0 Å². The minimum Gasteiger partial charge on any atom is -0.463 e. The lowest BCUT2D eigenvalue weighted by Gasteiger charge is -2.00. The van der Waals surface area contributed by atoms with E-state index in [4.69, 9.17) is 27.8 Å². The lowest BCUT2D eigenvalue weighted by molar-refractivity contribution is -0.137. The maximum atomic E-state index is 12.7. The highest BCUT2D eigenvalue weighted by atomic mass is 35.5. The normalized spacial score (nSPS) is 10.3. The molecule has 140 valence electrons. The van der Waals surface area contributed by atoms with Crippen molar-refractivity contribution in [3.05, 3.63) is 53.1 Å². The van der Waals surface area contributed by atoms with Gasteiger partial charge in [-0.05, 0) is 12.5 Å². The first kappa shape index (κ1) is 21.3. The Morgan fingerprint density at radius 2 is 1.81 bits per heavy atom. The molecule has 2 rings (SSSR count). The minimum atomic E-state index is -0.509. The third-order valence-corrected chi connectivity index (χ3v) is 3.18. The molecule has 0 saturated heterocycles. The molecule has 2 aromatic heterocycles. The largest absolute Gasteiger partial charge is 0.463 e. The third kappa shape index (κ3) is 7.89. The molecular weight excluding hydrogens is 366 g/mol. The summed E-state index contributed by atoms with van der Waals surface area (Å²) in [5.41, 5.74) is 11.4. The maximum absolute atomic E-state index is 12.7. The lowest BCUT2D eigenvalue weighted by Crippen LogP contribution is -2.02. The number of esters is 1. The van der Waals surface area contributed by atoms with Crippen molar-refractivity contribution in [1.82, 2.24) is 9.97 Å². The number of carbonyl (C=O) groups excluding carboxylic acids is 1. The van der Waals surface area contributed by atoms with Crippen LogP contribution in [0.1, 0.15) is 25.5 Å². The zero-order valence-electron chi connectivity index (χ0n) is 14.1. The van der Waals surface area contributed by atoms with Crippen molar-refractivity contribution in [3.63, 3.8) is 0 Å². The van der Waals surface area contributed by atoms with Crippen LogP contribution in [0.3, 0.4) is 0 Å². The fourth-order valence-corrected chi connectivity index (χ4v) is 1.66. The SMILES string of the molecule is CCCCOC(=O)C=Cc1ncc(F)cc1N.Nc1cc(F)cnc1Cl. The highest BCUT2D eigenvalue weighted by Crippen LogP contribution is 2.14. The van der Waals surface area contributed by atoms with E-state index in [9.17, 15) is 13.6 Å². The Kier molecular flexibility index (Phi) is 9.00. The van der Waals surface area contributed by atoms with Crippen molar-refractivity contribution >= 4 is 35.0 Å². The summed E-state index contributed by atoms with van der Waals surface area (Å²) in [5, 5.41) is 0.136. The number of carbonyl (C=O) groups is 1. The van der Waals surface area contributed by atoms with Crippen molar-refractivity contribution < 1.29 is 18.3 Å². The van der Waals surface area contributed by atoms with Crippen LogP contribution in [0, 0.1) is 11.6 Å². The number of aromatic nitrogens is 2. The molecule has 2 aromatic rings. The van der Waals surface area contributed by atoms with E-state index < -0.39 is 17.6 Å². The second kappa shape index (κ2) is 11.0. The van der Waals surface area contributed by atoms with Gasteiger partial charge < -0.3 is 16.2 Å². The van der Waals surface area contributed by atoms with Crippen LogP contribution in [-0.4, -0.2) is 22.5 Å². The topological polar surface area (TPSA) is 104 Å². The van der Waals surface area contributed by atoms with Gasteiger partial charge in [-0.3, -0.25) is 4.98 Å². The number of hydrogen-bond acceptors (Lipinski definition) is 6. The van der Waals surface area contributed by atoms with Crippen LogP contribution in [0.15, 0.2) is 30.6 Å². The van der Waals surface area contributed by atoms with Crippen LogP contribution in [-0.2, 0) is 9.53 Å². The summed E-state index contributed by atoms with van der Waals surface area (Å²) in [4.78, 5) is 18.4. The van der Waals surface area contributed by atoms with E-state index in [1.165, 1.54) is 12.2 Å². The average Bonchev–Trinajstić information content (AvgIpc) is 2.58. The van der Waals surface area contributed by atoms with E-state index in [1.54, 1.807) is 0 Å². The molecule has 0 bridgehead atoms. The fraction of sp³-hybridized carbons (Fsp3) is 0.235. The summed E-state index contributed by atoms with van der Waals surface area (Å²) in [5.74, 6) is -1.44. The number of halogens is 3. The van der Waals surface area contributed by atoms with Crippen LogP contribution in [0.4, 0.5) is 20.2 Å². The highest BCUT2D eigenvalue weighted by molar-refractivity contribution is 6.31. The van der Waals surface area contributed by atoms with Gasteiger partial charge in [0.05, 0.1) is 36.1 Å². The van der Waals surface area contributed by atoms with Gasteiger partial charge in [0.25, 0.3) is 0 Å². The van der Waals surface area contributed by atoms with E-state index in [2.05, 4.69) is 9.97 Å². The van der Waals surface area contributed by atoms with E-state index in [0.29, 0.717) is 12.3 Å². The lowest BCUT2D eigenvalue weighted by atomic mass is 10.3. The number of pyridine rings is 2. The monoisotopic (exact) mass is 384 g/mol. The molecule has 0 atom stereocenters. The Labute approximate surface area is 154 Å². The fourth-order valence-electron chi connectivity index (χ4n) is 1.56. The number of nitrogens with two attached hydrogens (primary N) is 2. The van der Waals surface area contributed by atoms with Crippen molar-refractivity contribution in [2.45, 2.75) is 19.8 Å². The van der Waals surface area contributed by atoms with E-state index in [1.807, 2.05) is 6.92 Å². The van der Waals surface area contributed by atoms with Crippen LogP contribution in [0.2, 0.25) is 5.15 Å². The third-order valence-electron chi connectivity index (χ3n) is 2.87. The standard InChI is InChI=1S/C12H15FN2O2.C5H4ClFN2/c1-2-3-6-17-12(16)5-4-11-10(14)7-9(13)8-15-11;6-5-4(8)1-3(7)2-9-5/h4-5,7-8H,2-3,6,14H2,1H3;1-2H,8H2. The Morgan fingerprint density at radius 1 is 1.19 bits per heavy atom. The Morgan fingerprint density at radius 3 is 2.35 bits per heavy atom. The van der Waals surface area contributed by atoms with Gasteiger partial charge in [-0.1, -0.05) is 24.9 Å². The summed E-state index contributed by atoms with van der Waals surface area (Å²) in [6.07, 6.45) is 6.48. The van der Waals surface area contributed by atoms with Crippen LogP contribution in [0.25, 0.3) is 6.08 Å². The Balaban J connectivity index is 0.000000314. The molecular formula is C17H19ClF2N4O2. The summed E-state index contributed by atoms with van der Waals surface area (Å²) in [6, 6.07) is 2.27. The van der Waals surface area contributed by atoms with Gasteiger partial charge in [-0.2, -0.15) is 0 Å². The molecule has 0 aliphatic heterocycles. The molecule has 0 unspecified atom stereocenters. The van der Waals surface area contributed by atoms with Gasteiger partial charge in [0.1, 0.15) is 11.6 Å². The van der Waals surface area contributed by atoms with Gasteiger partial charge >= 0.3 is 5.97 Å². The number of ether oxygens (including phenoxy) is 1. The number of rotatable bonds is 5. The molecule has 0 aromatic carbocycles. The molecule has 4 N–H and O–H groups in total. The summed E-state index contributed by atoms with van der Waals surface area (Å²) in [7, 11) is 0. The average molecular weight is 385 g/mol. The van der Waals surface area contributed by atoms with Crippen molar-refractivity contribution in [3.8, 4) is 0 Å². The van der Waals surface area contributed by atoms with Crippen LogP contribution >= 0.6 is 11.6 Å². The zero-order valence-corrected chi connectivity index (χ0v) is 14.8. The predicted molar refractivity (Wildman–Crippen MR) is 97.1 cm³/mol. The summed E-state index contributed by atoms with van der Waals surface area (Å²) >= 11 is 5.38. The molecule has 0 aliphatic carbocycles. The van der Waals surface area contributed by atoms with Crippen LogP contribution in [0.5, 0.6) is 0 Å². The first-order valence-corrected chi connectivity index (χ1v) is 8.03. The van der Waals surface area contributed by atoms with E-state index in [-0.39, 0.29) is 16.5 Å². The molecule has 0 saturated carbocycles. The molecule has 26 heavy (non-hydrogen) atoms. The quantitative estimate of drug-likeness (QED) is 0.353. The number of nitrogens with zero attached hydrogens (tertiary/aromatic N) is 2. The van der Waals surface area contributed by atoms with Gasteiger partial charge in [0, 0.05) is 18.2 Å². The van der Waals surface area contributed by atoms with E-state index >= 15 is 0 Å².